The first-order valence-corrected chi connectivity index (χ1v) is 18.4. The predicted octanol–water partition coefficient (Wildman–Crippen LogP) is 14.5. The number of para-hydroxylation sites is 4. The highest BCUT2D eigenvalue weighted by Crippen LogP contribution is 2.38. The number of anilines is 6. The van der Waals surface area contributed by atoms with Crippen LogP contribution in [0.2, 0.25) is 0 Å². The van der Waals surface area contributed by atoms with Crippen LogP contribution in [0.5, 0.6) is 0 Å². The van der Waals surface area contributed by atoms with E-state index in [1.54, 1.807) is 0 Å². The fraction of sp³-hybridized carbons (Fsp3) is 0. The highest BCUT2D eigenvalue weighted by Gasteiger charge is 2.14. The lowest BCUT2D eigenvalue weighted by Crippen LogP contribution is -2.09. The molecule has 8 aromatic rings. The lowest BCUT2D eigenvalue weighted by Gasteiger charge is -2.25. The molecule has 0 aliphatic carbocycles. The number of benzene rings is 8. The van der Waals surface area contributed by atoms with E-state index in [0.29, 0.717) is 16.8 Å². The summed E-state index contributed by atoms with van der Waals surface area (Å²) >= 11 is 0. The average molecular weight is 717 g/mol. The molecule has 8 rings (SSSR count). The Morgan fingerprint density at radius 2 is 0.786 bits per heavy atom. The maximum atomic E-state index is 10.2. The second-order valence-corrected chi connectivity index (χ2v) is 13.3. The fourth-order valence-electron chi connectivity index (χ4n) is 6.95. The third-order valence-electron chi connectivity index (χ3n) is 9.68. The normalized spacial score (nSPS) is 11.0. The molecule has 0 spiro atoms. The van der Waals surface area contributed by atoms with Gasteiger partial charge >= 0.3 is 0 Å². The molecule has 0 aliphatic heterocycles. The van der Waals surface area contributed by atoms with Gasteiger partial charge in [-0.1, -0.05) is 133 Å². The van der Waals surface area contributed by atoms with Crippen molar-refractivity contribution in [2.45, 2.75) is 0 Å². The first-order chi connectivity index (χ1) is 27.7. The first kappa shape index (κ1) is 35.1. The summed E-state index contributed by atoms with van der Waals surface area (Å²) in [5, 5.41) is 11.8. The monoisotopic (exact) mass is 716 g/mol. The molecule has 0 aromatic heterocycles. The van der Waals surface area contributed by atoms with Crippen molar-refractivity contribution in [2.24, 2.45) is 0 Å². The summed E-state index contributed by atoms with van der Waals surface area (Å²) < 4.78 is 0. The standard InChI is InChI=1S/C52H36N4/c1-54-52-42(30-24-40-27-33-49(34-28-40)56(46-18-10-4-11-19-46)47-20-12-5-13-21-47)37-43(38-53)51-36-41(29-35-50(51)52)23-22-39-25-31-48(32-26-39)55(44-14-6-2-7-15-44)45-16-8-3-9-17-45/h2-37H/b23-22-,30-24-. The van der Waals surface area contributed by atoms with Gasteiger partial charge < -0.3 is 9.80 Å². The van der Waals surface area contributed by atoms with Gasteiger partial charge in [-0.25, -0.2) is 4.85 Å². The third-order valence-corrected chi connectivity index (χ3v) is 9.68. The Balaban J connectivity index is 1.03. The van der Waals surface area contributed by atoms with Crippen molar-refractivity contribution in [3.8, 4) is 6.07 Å². The zero-order chi connectivity index (χ0) is 38.1. The smallest absolute Gasteiger partial charge is 0.202 e. The van der Waals surface area contributed by atoms with Crippen LogP contribution < -0.4 is 9.80 Å². The summed E-state index contributed by atoms with van der Waals surface area (Å²) in [5.41, 5.74) is 11.2. The van der Waals surface area contributed by atoms with Gasteiger partial charge in [-0.05, 0) is 118 Å². The second-order valence-electron chi connectivity index (χ2n) is 13.3. The van der Waals surface area contributed by atoms with Gasteiger partial charge in [0.15, 0.2) is 0 Å². The molecule has 264 valence electrons. The molecule has 0 saturated carbocycles. The van der Waals surface area contributed by atoms with Crippen LogP contribution in [-0.2, 0) is 0 Å². The Morgan fingerprint density at radius 1 is 0.411 bits per heavy atom. The molecule has 8 aromatic carbocycles. The Kier molecular flexibility index (Phi) is 10.3. The molecule has 0 N–H and O–H groups in total. The Hall–Kier alpha value is -7.92. The minimum atomic E-state index is 0.527. The van der Waals surface area contributed by atoms with Crippen molar-refractivity contribution in [3.63, 3.8) is 0 Å². The molecule has 4 heteroatoms. The van der Waals surface area contributed by atoms with Crippen LogP contribution in [0, 0.1) is 17.9 Å². The van der Waals surface area contributed by atoms with Crippen molar-refractivity contribution < 1.29 is 0 Å². The number of hydrogen-bond acceptors (Lipinski definition) is 3. The van der Waals surface area contributed by atoms with Crippen LogP contribution in [-0.4, -0.2) is 0 Å². The fourth-order valence-corrected chi connectivity index (χ4v) is 6.95. The lowest BCUT2D eigenvalue weighted by atomic mass is 9.96. The largest absolute Gasteiger partial charge is 0.311 e. The van der Waals surface area contributed by atoms with Crippen LogP contribution in [0.4, 0.5) is 39.8 Å². The van der Waals surface area contributed by atoms with Gasteiger partial charge in [0.05, 0.1) is 18.2 Å². The van der Waals surface area contributed by atoms with Gasteiger partial charge in [-0.3, -0.25) is 0 Å². The number of nitriles is 1. The van der Waals surface area contributed by atoms with Crippen LogP contribution in [0.15, 0.2) is 194 Å². The van der Waals surface area contributed by atoms with Crippen molar-refractivity contribution in [1.29, 1.82) is 5.26 Å². The summed E-state index contributed by atoms with van der Waals surface area (Å²) in [4.78, 5) is 8.40. The lowest BCUT2D eigenvalue weighted by molar-refractivity contribution is 1.28. The summed E-state index contributed by atoms with van der Waals surface area (Å²) in [6.07, 6.45) is 8.05. The van der Waals surface area contributed by atoms with E-state index in [2.05, 4.69) is 148 Å². The van der Waals surface area contributed by atoms with Gasteiger partial charge in [0.1, 0.15) is 0 Å². The Morgan fingerprint density at radius 3 is 1.20 bits per heavy atom. The molecule has 0 bridgehead atoms. The van der Waals surface area contributed by atoms with Gasteiger partial charge in [0.25, 0.3) is 0 Å². The van der Waals surface area contributed by atoms with Crippen molar-refractivity contribution >= 4 is 74.9 Å². The molecule has 0 saturated heterocycles. The van der Waals surface area contributed by atoms with Crippen molar-refractivity contribution in [1.82, 2.24) is 0 Å². The van der Waals surface area contributed by atoms with E-state index in [0.717, 1.165) is 61.6 Å². The molecule has 0 amide bonds. The van der Waals surface area contributed by atoms with Crippen LogP contribution in [0.25, 0.3) is 39.9 Å². The summed E-state index contributed by atoms with van der Waals surface area (Å²) in [6, 6.07) is 68.3. The maximum Gasteiger partial charge on any atom is 0.202 e. The number of hydrogen-bond donors (Lipinski definition) is 0. The summed E-state index contributed by atoms with van der Waals surface area (Å²) in [6.45, 7) is 8.11. The molecule has 0 aliphatic rings. The minimum Gasteiger partial charge on any atom is -0.311 e. The Bertz CT molecular complexity index is 2650. The number of rotatable bonds is 10. The van der Waals surface area contributed by atoms with Crippen molar-refractivity contribution in [2.75, 3.05) is 9.80 Å². The van der Waals surface area contributed by atoms with E-state index in [4.69, 9.17) is 6.57 Å². The zero-order valence-corrected chi connectivity index (χ0v) is 30.6. The first-order valence-electron chi connectivity index (χ1n) is 18.4. The molecule has 0 radical (unpaired) electrons. The minimum absolute atomic E-state index is 0.527. The predicted molar refractivity (Wildman–Crippen MR) is 235 cm³/mol. The molecule has 4 nitrogen and oxygen atoms in total. The van der Waals surface area contributed by atoms with E-state index in [1.165, 1.54) is 0 Å². The van der Waals surface area contributed by atoms with Crippen LogP contribution in [0.1, 0.15) is 27.8 Å². The molecule has 0 heterocycles. The van der Waals surface area contributed by atoms with Gasteiger partial charge in [-0.2, -0.15) is 5.26 Å². The van der Waals surface area contributed by atoms with E-state index in [1.807, 2.05) is 91.0 Å². The van der Waals surface area contributed by atoms with Gasteiger partial charge in [-0.15, -0.1) is 0 Å². The Labute approximate surface area is 328 Å². The highest BCUT2D eigenvalue weighted by molar-refractivity contribution is 6.03. The van der Waals surface area contributed by atoms with Crippen LogP contribution >= 0.6 is 0 Å². The molecular weight excluding hydrogens is 681 g/mol. The third kappa shape index (κ3) is 7.59. The number of nitrogens with zero attached hydrogens (tertiary/aromatic N) is 4. The SMILES string of the molecule is [C-]#[N+]c1c(/C=C\c2ccc(N(c3ccccc3)c3ccccc3)cc2)cc(C#N)c2cc(/C=C\c3ccc(N(c4ccccc4)c4ccccc4)cc3)ccc12. The van der Waals surface area contributed by atoms with Crippen LogP contribution in [0.3, 0.4) is 0 Å². The number of fused-ring (bicyclic) bond motifs is 1. The second kappa shape index (κ2) is 16.4. The quantitative estimate of drug-likeness (QED) is 0.104. The summed E-state index contributed by atoms with van der Waals surface area (Å²) in [7, 11) is 0. The maximum absolute atomic E-state index is 10.2. The topological polar surface area (TPSA) is 34.6 Å². The molecule has 0 atom stereocenters. The highest BCUT2D eigenvalue weighted by atomic mass is 15.1. The molecular formula is C52H36N4. The van der Waals surface area contributed by atoms with E-state index in [-0.39, 0.29) is 0 Å². The average Bonchev–Trinajstić information content (AvgIpc) is 3.27. The zero-order valence-electron chi connectivity index (χ0n) is 30.6. The molecule has 56 heavy (non-hydrogen) atoms. The molecule has 0 fully saturated rings. The van der Waals surface area contributed by atoms with Gasteiger partial charge in [0, 0.05) is 34.1 Å². The van der Waals surface area contributed by atoms with E-state index >= 15 is 0 Å². The van der Waals surface area contributed by atoms with Gasteiger partial charge in [0.2, 0.25) is 5.69 Å². The van der Waals surface area contributed by atoms with Crippen molar-refractivity contribution in [3.05, 3.63) is 233 Å². The van der Waals surface area contributed by atoms with E-state index in [9.17, 15) is 5.26 Å². The van der Waals surface area contributed by atoms with E-state index < -0.39 is 0 Å². The molecule has 0 unspecified atom stereocenters. The summed E-state index contributed by atoms with van der Waals surface area (Å²) in [5.74, 6) is 0.